The van der Waals surface area contributed by atoms with Crippen molar-refractivity contribution in [1.82, 2.24) is 9.38 Å². The summed E-state index contributed by atoms with van der Waals surface area (Å²) in [4.78, 5) is 5.35. The van der Waals surface area contributed by atoms with E-state index >= 15 is 0 Å². The molecule has 3 aromatic rings. The molecule has 2 aromatic heterocycles. The summed E-state index contributed by atoms with van der Waals surface area (Å²) in [5, 5.41) is 5.35. The molecule has 0 aliphatic heterocycles. The summed E-state index contributed by atoms with van der Waals surface area (Å²) in [6, 6.07) is 7.77. The Bertz CT molecular complexity index is 782. The van der Waals surface area contributed by atoms with Crippen molar-refractivity contribution >= 4 is 22.0 Å². The number of terminal acetylenes is 1. The normalized spacial score (nSPS) is 10.4. The highest BCUT2D eigenvalue weighted by Crippen LogP contribution is 2.24. The monoisotopic (exact) mass is 283 g/mol. The number of methoxy groups -OCH3 is 1. The van der Waals surface area contributed by atoms with Gasteiger partial charge in [-0.1, -0.05) is 12.0 Å². The van der Waals surface area contributed by atoms with Crippen molar-refractivity contribution in [1.29, 1.82) is 0 Å². The summed E-state index contributed by atoms with van der Waals surface area (Å²) < 4.78 is 7.35. The van der Waals surface area contributed by atoms with Crippen LogP contribution in [-0.4, -0.2) is 16.5 Å². The lowest BCUT2D eigenvalue weighted by Crippen LogP contribution is -2.03. The molecular formula is C15H13N3OS. The van der Waals surface area contributed by atoms with Crippen LogP contribution in [0.3, 0.4) is 0 Å². The summed E-state index contributed by atoms with van der Waals surface area (Å²) in [5.74, 6) is 3.28. The van der Waals surface area contributed by atoms with Crippen LogP contribution in [0.15, 0.2) is 35.8 Å². The molecule has 1 aromatic carbocycles. The number of fused-ring (bicyclic) bond motifs is 1. The predicted octanol–water partition coefficient (Wildman–Crippen LogP) is 3.00. The van der Waals surface area contributed by atoms with Crippen LogP contribution in [0, 0.1) is 12.3 Å². The van der Waals surface area contributed by atoms with Crippen molar-refractivity contribution in [3.05, 3.63) is 47.1 Å². The molecule has 0 saturated heterocycles. The van der Waals surface area contributed by atoms with Crippen LogP contribution < -0.4 is 10.1 Å². The van der Waals surface area contributed by atoms with Crippen molar-refractivity contribution in [3.63, 3.8) is 0 Å². The van der Waals surface area contributed by atoms with E-state index in [0.29, 0.717) is 12.4 Å². The molecule has 0 aliphatic rings. The lowest BCUT2D eigenvalue weighted by atomic mass is 10.2. The van der Waals surface area contributed by atoms with Gasteiger partial charge in [0.05, 0.1) is 13.7 Å². The zero-order chi connectivity index (χ0) is 13.9. The number of nitrogens with one attached hydrogen (secondary N) is 1. The second kappa shape index (κ2) is 5.27. The second-order valence-electron chi connectivity index (χ2n) is 4.20. The number of anilines is 1. The summed E-state index contributed by atoms with van der Waals surface area (Å²) in [7, 11) is 1.63. The summed E-state index contributed by atoms with van der Waals surface area (Å²) >= 11 is 1.58. The number of hydrogen-bond donors (Lipinski definition) is 1. The maximum absolute atomic E-state index is 5.41. The number of nitrogens with zero attached hydrogens (tertiary/aromatic N) is 2. The number of benzene rings is 1. The Labute approximate surface area is 121 Å². The van der Waals surface area contributed by atoms with Gasteiger partial charge in [0.25, 0.3) is 0 Å². The largest absolute Gasteiger partial charge is 0.480 e. The average Bonchev–Trinajstić information content (AvgIpc) is 3.06. The van der Waals surface area contributed by atoms with Crippen molar-refractivity contribution in [2.75, 3.05) is 12.4 Å². The van der Waals surface area contributed by atoms with Gasteiger partial charge in [0.1, 0.15) is 5.69 Å². The fourth-order valence-electron chi connectivity index (χ4n) is 2.04. The van der Waals surface area contributed by atoms with Crippen LogP contribution in [0.4, 0.5) is 5.69 Å². The van der Waals surface area contributed by atoms with Gasteiger partial charge < -0.3 is 10.1 Å². The first kappa shape index (κ1) is 12.6. The quantitative estimate of drug-likeness (QED) is 0.748. The van der Waals surface area contributed by atoms with Gasteiger partial charge in [-0.05, 0) is 18.2 Å². The van der Waals surface area contributed by atoms with E-state index in [-0.39, 0.29) is 0 Å². The highest BCUT2D eigenvalue weighted by molar-refractivity contribution is 7.15. The highest BCUT2D eigenvalue weighted by Gasteiger charge is 2.13. The first-order chi connectivity index (χ1) is 9.81. The van der Waals surface area contributed by atoms with E-state index < -0.39 is 0 Å². The molecule has 0 aliphatic carbocycles. The number of hydrogen-bond acceptors (Lipinski definition) is 4. The lowest BCUT2D eigenvalue weighted by molar-refractivity contribution is 0.395. The molecule has 0 spiro atoms. The molecule has 100 valence electrons. The highest BCUT2D eigenvalue weighted by atomic mass is 32.1. The van der Waals surface area contributed by atoms with Crippen LogP contribution in [0.1, 0.15) is 11.3 Å². The minimum atomic E-state index is 0.620. The van der Waals surface area contributed by atoms with E-state index in [1.54, 1.807) is 18.4 Å². The molecule has 4 nitrogen and oxygen atoms in total. The van der Waals surface area contributed by atoms with E-state index in [2.05, 4.69) is 16.2 Å². The minimum absolute atomic E-state index is 0.620. The van der Waals surface area contributed by atoms with Gasteiger partial charge in [-0.2, -0.15) is 4.98 Å². The van der Waals surface area contributed by atoms with E-state index in [1.165, 1.54) is 0 Å². The van der Waals surface area contributed by atoms with Crippen LogP contribution in [-0.2, 0) is 6.54 Å². The number of imidazole rings is 1. The molecule has 2 heterocycles. The number of rotatable bonds is 4. The van der Waals surface area contributed by atoms with Gasteiger partial charge in [-0.25, -0.2) is 0 Å². The summed E-state index contributed by atoms with van der Waals surface area (Å²) in [5.41, 5.74) is 2.83. The number of aromatic nitrogens is 2. The van der Waals surface area contributed by atoms with Crippen molar-refractivity contribution in [2.45, 2.75) is 6.54 Å². The molecule has 20 heavy (non-hydrogen) atoms. The van der Waals surface area contributed by atoms with Crippen LogP contribution in [0.2, 0.25) is 0 Å². The Morgan fingerprint density at radius 3 is 3.20 bits per heavy atom. The van der Waals surface area contributed by atoms with Gasteiger partial charge in [-0.3, -0.25) is 4.40 Å². The molecule has 3 rings (SSSR count). The van der Waals surface area contributed by atoms with Gasteiger partial charge in [0.15, 0.2) is 4.96 Å². The van der Waals surface area contributed by atoms with Gasteiger partial charge >= 0.3 is 0 Å². The third kappa shape index (κ3) is 2.22. The maximum atomic E-state index is 5.41. The molecule has 0 saturated carbocycles. The molecule has 0 amide bonds. The minimum Gasteiger partial charge on any atom is -0.480 e. The Morgan fingerprint density at radius 2 is 2.40 bits per heavy atom. The number of thiazole rings is 1. The topological polar surface area (TPSA) is 38.6 Å². The van der Waals surface area contributed by atoms with Crippen molar-refractivity contribution < 1.29 is 4.74 Å². The maximum Gasteiger partial charge on any atom is 0.238 e. The molecule has 1 N–H and O–H groups in total. The summed E-state index contributed by atoms with van der Waals surface area (Å²) in [6.07, 6.45) is 7.40. The first-order valence-electron chi connectivity index (χ1n) is 6.11. The second-order valence-corrected chi connectivity index (χ2v) is 5.08. The summed E-state index contributed by atoms with van der Waals surface area (Å²) in [6.45, 7) is 0.620. The Kier molecular flexibility index (Phi) is 3.32. The molecular weight excluding hydrogens is 270 g/mol. The molecule has 5 heteroatoms. The van der Waals surface area contributed by atoms with Gasteiger partial charge in [0, 0.05) is 22.8 Å². The smallest absolute Gasteiger partial charge is 0.238 e. The van der Waals surface area contributed by atoms with Gasteiger partial charge in [-0.15, -0.1) is 17.8 Å². The molecule has 0 unspecified atom stereocenters. The average molecular weight is 283 g/mol. The zero-order valence-electron chi connectivity index (χ0n) is 11.0. The third-order valence-electron chi connectivity index (χ3n) is 3.01. The Balaban J connectivity index is 1.86. The van der Waals surface area contributed by atoms with E-state index in [0.717, 1.165) is 21.9 Å². The fourth-order valence-corrected chi connectivity index (χ4v) is 2.77. The van der Waals surface area contributed by atoms with Crippen LogP contribution in [0.25, 0.3) is 4.96 Å². The predicted molar refractivity (Wildman–Crippen MR) is 81.3 cm³/mol. The molecule has 0 atom stereocenters. The number of ether oxygens (including phenoxy) is 1. The third-order valence-corrected chi connectivity index (χ3v) is 3.76. The molecule has 0 fully saturated rings. The Hall–Kier alpha value is -2.45. The fraction of sp³-hybridized carbons (Fsp3) is 0.133. The van der Waals surface area contributed by atoms with E-state index in [1.807, 2.05) is 40.2 Å². The first-order valence-corrected chi connectivity index (χ1v) is 6.98. The van der Waals surface area contributed by atoms with Crippen LogP contribution in [0.5, 0.6) is 5.88 Å². The standard InChI is InChI=1S/C15H13N3OS/c1-3-11-5-4-6-12(9-11)16-10-13-14(19-2)17-15-18(13)7-8-20-15/h1,4-9,16H,10H2,2H3. The van der Waals surface area contributed by atoms with E-state index in [4.69, 9.17) is 11.2 Å². The Morgan fingerprint density at radius 1 is 1.50 bits per heavy atom. The SMILES string of the molecule is C#Cc1cccc(NCc2c(OC)nc3sccn23)c1. The molecule has 0 radical (unpaired) electrons. The van der Waals surface area contributed by atoms with Gasteiger partial charge in [0.2, 0.25) is 5.88 Å². The lowest BCUT2D eigenvalue weighted by Gasteiger charge is -2.07. The van der Waals surface area contributed by atoms with Crippen LogP contribution >= 0.6 is 11.3 Å². The zero-order valence-corrected chi connectivity index (χ0v) is 11.8. The van der Waals surface area contributed by atoms with Crippen molar-refractivity contribution in [3.8, 4) is 18.2 Å². The molecule has 0 bridgehead atoms. The van der Waals surface area contributed by atoms with E-state index in [9.17, 15) is 0 Å². The van der Waals surface area contributed by atoms with Crippen molar-refractivity contribution in [2.24, 2.45) is 0 Å².